The summed E-state index contributed by atoms with van der Waals surface area (Å²) in [5, 5.41) is 5.86. The van der Waals surface area contributed by atoms with Crippen molar-refractivity contribution in [2.75, 3.05) is 11.9 Å². The molecule has 1 aromatic rings. The summed E-state index contributed by atoms with van der Waals surface area (Å²) in [5.41, 5.74) is 6.08. The Balaban J connectivity index is 2.97. The number of anilines is 1. The van der Waals surface area contributed by atoms with Crippen LogP contribution in [0.3, 0.4) is 0 Å². The quantitative estimate of drug-likeness (QED) is 0.770. The van der Waals surface area contributed by atoms with Crippen molar-refractivity contribution in [1.82, 2.24) is 5.32 Å². The highest BCUT2D eigenvalue weighted by Crippen LogP contribution is 2.21. The fourth-order valence-corrected chi connectivity index (χ4v) is 1.67. The molecular weight excluding hydrogens is 266 g/mol. The molecule has 0 heterocycles. The van der Waals surface area contributed by atoms with Crippen LogP contribution in [0.4, 0.5) is 5.69 Å². The molecule has 6 heteroatoms. The van der Waals surface area contributed by atoms with Gasteiger partial charge in [0.15, 0.2) is 0 Å². The molecule has 2 amide bonds. The summed E-state index contributed by atoms with van der Waals surface area (Å²) in [4.78, 5) is 23.6. The van der Waals surface area contributed by atoms with Gasteiger partial charge in [-0.1, -0.05) is 11.6 Å². The van der Waals surface area contributed by atoms with Crippen molar-refractivity contribution >= 4 is 29.1 Å². The molecule has 0 spiro atoms. The van der Waals surface area contributed by atoms with Gasteiger partial charge in [0.05, 0.1) is 11.3 Å². The predicted octanol–water partition coefficient (Wildman–Crippen LogP) is 1.77. The van der Waals surface area contributed by atoms with Gasteiger partial charge in [-0.3, -0.25) is 9.59 Å². The number of hydrogen-bond acceptors (Lipinski definition) is 3. The number of halogens is 1. The van der Waals surface area contributed by atoms with Gasteiger partial charge in [-0.25, -0.2) is 0 Å². The minimum absolute atomic E-state index is 0.00997. The average molecular weight is 284 g/mol. The summed E-state index contributed by atoms with van der Waals surface area (Å²) in [6.07, 6.45) is 0.192. The van der Waals surface area contributed by atoms with E-state index < -0.39 is 0 Å². The van der Waals surface area contributed by atoms with Gasteiger partial charge in [-0.05, 0) is 32.0 Å². The van der Waals surface area contributed by atoms with Crippen LogP contribution in [-0.4, -0.2) is 24.4 Å². The molecule has 104 valence electrons. The van der Waals surface area contributed by atoms with E-state index in [1.165, 1.54) is 0 Å². The summed E-state index contributed by atoms with van der Waals surface area (Å²) in [6.45, 7) is 3.97. The van der Waals surface area contributed by atoms with E-state index in [4.69, 9.17) is 17.3 Å². The Hall–Kier alpha value is -1.59. The lowest BCUT2D eigenvalue weighted by Gasteiger charge is -2.13. The summed E-state index contributed by atoms with van der Waals surface area (Å²) in [6, 6.07) is 4.74. The first-order chi connectivity index (χ1) is 8.93. The Morgan fingerprint density at radius 3 is 2.63 bits per heavy atom. The number of benzene rings is 1. The van der Waals surface area contributed by atoms with Crippen LogP contribution in [-0.2, 0) is 4.79 Å². The summed E-state index contributed by atoms with van der Waals surface area (Å²) >= 11 is 5.88. The molecule has 0 saturated heterocycles. The highest BCUT2D eigenvalue weighted by molar-refractivity contribution is 6.31. The summed E-state index contributed by atoms with van der Waals surface area (Å²) < 4.78 is 0. The van der Waals surface area contributed by atoms with Crippen LogP contribution in [0.5, 0.6) is 0 Å². The molecule has 0 radical (unpaired) electrons. The maximum atomic E-state index is 12.0. The Bertz CT molecular complexity index is 475. The number of nitrogens with one attached hydrogen (secondary N) is 2. The van der Waals surface area contributed by atoms with Crippen molar-refractivity contribution in [3.63, 3.8) is 0 Å². The lowest BCUT2D eigenvalue weighted by molar-refractivity contribution is -0.116. The zero-order valence-corrected chi connectivity index (χ0v) is 11.8. The molecule has 0 unspecified atom stereocenters. The molecule has 0 fully saturated rings. The van der Waals surface area contributed by atoms with Crippen LogP contribution >= 0.6 is 11.6 Å². The second kappa shape index (κ2) is 7.11. The number of hydrogen-bond donors (Lipinski definition) is 3. The van der Waals surface area contributed by atoms with Crippen molar-refractivity contribution in [3.05, 3.63) is 28.8 Å². The third kappa shape index (κ3) is 4.89. The zero-order chi connectivity index (χ0) is 14.4. The fourth-order valence-electron chi connectivity index (χ4n) is 1.50. The van der Waals surface area contributed by atoms with Crippen molar-refractivity contribution in [1.29, 1.82) is 0 Å². The van der Waals surface area contributed by atoms with E-state index in [9.17, 15) is 9.59 Å². The standard InChI is InChI=1S/C13H18ClN3O2/c1-8(2)16-13(19)10-4-3-9(14)7-11(10)17-12(18)5-6-15/h3-4,7-8H,5-6,15H2,1-2H3,(H,16,19)(H,17,18). The first kappa shape index (κ1) is 15.5. The van der Waals surface area contributed by atoms with Gasteiger partial charge in [0, 0.05) is 24.0 Å². The highest BCUT2D eigenvalue weighted by Gasteiger charge is 2.14. The van der Waals surface area contributed by atoms with Gasteiger partial charge in [-0.2, -0.15) is 0 Å². The SMILES string of the molecule is CC(C)NC(=O)c1ccc(Cl)cc1NC(=O)CCN. The maximum Gasteiger partial charge on any atom is 0.253 e. The Labute approximate surface area is 117 Å². The van der Waals surface area contributed by atoms with Crippen molar-refractivity contribution in [2.45, 2.75) is 26.3 Å². The molecule has 1 rings (SSSR count). The van der Waals surface area contributed by atoms with E-state index in [0.717, 1.165) is 0 Å². The molecule has 5 nitrogen and oxygen atoms in total. The number of carbonyl (C=O) groups is 2. The lowest BCUT2D eigenvalue weighted by atomic mass is 10.1. The molecule has 0 aromatic heterocycles. The van der Waals surface area contributed by atoms with Gasteiger partial charge < -0.3 is 16.4 Å². The number of rotatable bonds is 5. The van der Waals surface area contributed by atoms with Crippen molar-refractivity contribution < 1.29 is 9.59 Å². The first-order valence-corrected chi connectivity index (χ1v) is 6.42. The number of amides is 2. The normalized spacial score (nSPS) is 10.4. The van der Waals surface area contributed by atoms with Crippen LogP contribution in [0.25, 0.3) is 0 Å². The first-order valence-electron chi connectivity index (χ1n) is 6.04. The van der Waals surface area contributed by atoms with Gasteiger partial charge in [0.1, 0.15) is 0 Å². The molecule has 0 aliphatic heterocycles. The van der Waals surface area contributed by atoms with Gasteiger partial charge in [-0.15, -0.1) is 0 Å². The smallest absolute Gasteiger partial charge is 0.253 e. The second-order valence-corrected chi connectivity index (χ2v) is 4.84. The fraction of sp³-hybridized carbons (Fsp3) is 0.385. The van der Waals surface area contributed by atoms with Crippen LogP contribution in [0.1, 0.15) is 30.6 Å². The van der Waals surface area contributed by atoms with E-state index in [1.807, 2.05) is 13.8 Å². The Kier molecular flexibility index (Phi) is 5.79. The van der Waals surface area contributed by atoms with E-state index in [0.29, 0.717) is 16.3 Å². The molecule has 0 aliphatic rings. The molecule has 1 aromatic carbocycles. The molecule has 4 N–H and O–H groups in total. The monoisotopic (exact) mass is 283 g/mol. The highest BCUT2D eigenvalue weighted by atomic mass is 35.5. The molecule has 19 heavy (non-hydrogen) atoms. The topological polar surface area (TPSA) is 84.2 Å². The van der Waals surface area contributed by atoms with Gasteiger partial charge in [0.25, 0.3) is 5.91 Å². The van der Waals surface area contributed by atoms with Crippen LogP contribution in [0, 0.1) is 0 Å². The van der Waals surface area contributed by atoms with Gasteiger partial charge >= 0.3 is 0 Å². The third-order valence-corrected chi connectivity index (χ3v) is 2.53. The molecular formula is C13H18ClN3O2. The lowest BCUT2D eigenvalue weighted by Crippen LogP contribution is -2.31. The van der Waals surface area contributed by atoms with E-state index >= 15 is 0 Å². The zero-order valence-electron chi connectivity index (χ0n) is 11.0. The summed E-state index contributed by atoms with van der Waals surface area (Å²) in [5.74, 6) is -0.502. The molecule has 0 saturated carbocycles. The van der Waals surface area contributed by atoms with E-state index in [2.05, 4.69) is 10.6 Å². The van der Waals surface area contributed by atoms with Crippen LogP contribution in [0.2, 0.25) is 5.02 Å². The molecule has 0 bridgehead atoms. The van der Waals surface area contributed by atoms with Crippen LogP contribution in [0.15, 0.2) is 18.2 Å². The Morgan fingerprint density at radius 2 is 2.05 bits per heavy atom. The predicted molar refractivity (Wildman–Crippen MR) is 76.4 cm³/mol. The number of nitrogens with two attached hydrogens (primary N) is 1. The van der Waals surface area contributed by atoms with E-state index in [-0.39, 0.29) is 30.8 Å². The number of carbonyl (C=O) groups excluding carboxylic acids is 2. The summed E-state index contributed by atoms with van der Waals surface area (Å²) in [7, 11) is 0. The minimum atomic E-state index is -0.255. The molecule has 0 aliphatic carbocycles. The Morgan fingerprint density at radius 1 is 1.37 bits per heavy atom. The van der Waals surface area contributed by atoms with Crippen molar-refractivity contribution in [2.24, 2.45) is 5.73 Å². The van der Waals surface area contributed by atoms with E-state index in [1.54, 1.807) is 18.2 Å². The average Bonchev–Trinajstić information content (AvgIpc) is 2.28. The third-order valence-electron chi connectivity index (χ3n) is 2.29. The largest absolute Gasteiger partial charge is 0.350 e. The maximum absolute atomic E-state index is 12.0. The van der Waals surface area contributed by atoms with Gasteiger partial charge in [0.2, 0.25) is 5.91 Å². The minimum Gasteiger partial charge on any atom is -0.350 e. The molecule has 0 atom stereocenters. The second-order valence-electron chi connectivity index (χ2n) is 4.40. The van der Waals surface area contributed by atoms with Crippen LogP contribution < -0.4 is 16.4 Å². The van der Waals surface area contributed by atoms with Crippen molar-refractivity contribution in [3.8, 4) is 0 Å².